The number of benzene rings is 1. The molecule has 6 heteroatoms. The molecule has 2 aromatic rings. The van der Waals surface area contributed by atoms with E-state index in [0.717, 1.165) is 5.56 Å². The molecule has 2 N–H and O–H groups in total. The van der Waals surface area contributed by atoms with Crippen LogP contribution in [0.1, 0.15) is 34.8 Å². The van der Waals surface area contributed by atoms with Crippen molar-refractivity contribution in [2.45, 2.75) is 24.9 Å². The summed E-state index contributed by atoms with van der Waals surface area (Å²) in [5.74, 6) is 0.510. The van der Waals surface area contributed by atoms with Gasteiger partial charge in [0.15, 0.2) is 0 Å². The van der Waals surface area contributed by atoms with E-state index in [1.54, 1.807) is 43.8 Å². The third kappa shape index (κ3) is 3.53. The lowest BCUT2D eigenvalue weighted by Gasteiger charge is -2.33. The summed E-state index contributed by atoms with van der Waals surface area (Å²) >= 11 is 0. The van der Waals surface area contributed by atoms with Crippen LogP contribution in [-0.2, 0) is 4.79 Å². The van der Waals surface area contributed by atoms with Crippen molar-refractivity contribution in [3.8, 4) is 5.75 Å². The zero-order valence-electron chi connectivity index (χ0n) is 13.4. The number of aromatic nitrogens is 1. The second-order valence-electron chi connectivity index (χ2n) is 5.68. The molecule has 2 amide bonds. The summed E-state index contributed by atoms with van der Waals surface area (Å²) < 4.78 is 5.10. The van der Waals surface area contributed by atoms with Gasteiger partial charge in [-0.15, -0.1) is 0 Å². The van der Waals surface area contributed by atoms with Gasteiger partial charge in [-0.2, -0.15) is 0 Å². The van der Waals surface area contributed by atoms with Gasteiger partial charge in [0.25, 0.3) is 5.91 Å². The highest BCUT2D eigenvalue weighted by atomic mass is 16.5. The second-order valence-corrected chi connectivity index (χ2v) is 5.68. The topological polar surface area (TPSA) is 80.3 Å². The number of methoxy groups -OCH3 is 1. The third-order valence-electron chi connectivity index (χ3n) is 4.11. The number of ether oxygens (including phenoxy) is 1. The first-order chi connectivity index (χ1) is 11.7. The van der Waals surface area contributed by atoms with Crippen LogP contribution in [0, 0.1) is 0 Å². The molecule has 0 radical (unpaired) electrons. The molecule has 1 aromatic carbocycles. The van der Waals surface area contributed by atoms with Crippen LogP contribution in [0.25, 0.3) is 0 Å². The number of pyridine rings is 1. The molecule has 124 valence electrons. The average molecular weight is 325 g/mol. The van der Waals surface area contributed by atoms with Crippen LogP contribution in [0.5, 0.6) is 5.75 Å². The lowest BCUT2D eigenvalue weighted by Crippen LogP contribution is -2.50. The van der Waals surface area contributed by atoms with E-state index < -0.39 is 0 Å². The highest BCUT2D eigenvalue weighted by Crippen LogP contribution is 2.24. The van der Waals surface area contributed by atoms with Crippen molar-refractivity contribution in [2.75, 3.05) is 7.11 Å². The highest BCUT2D eigenvalue weighted by Gasteiger charge is 2.31. The Morgan fingerprint density at radius 2 is 2.08 bits per heavy atom. The van der Waals surface area contributed by atoms with Gasteiger partial charge in [-0.3, -0.25) is 14.6 Å². The Morgan fingerprint density at radius 1 is 1.29 bits per heavy atom. The molecule has 24 heavy (non-hydrogen) atoms. The van der Waals surface area contributed by atoms with Gasteiger partial charge in [0, 0.05) is 24.4 Å². The standard InChI is InChI=1S/C18H19N3O3/c1-24-14-6-4-12(5-7-14)18(23)20-15-8-9-16(22)21-17(15)13-3-2-10-19-11-13/h2-7,10-11,15,17H,8-9H2,1H3,(H,20,23)(H,21,22)/t15-,17+/m0/s1. The fraction of sp³-hybridized carbons (Fsp3) is 0.278. The number of carbonyl (C=O) groups excluding carboxylic acids is 2. The molecule has 1 aromatic heterocycles. The molecule has 0 spiro atoms. The van der Waals surface area contributed by atoms with Crippen LogP contribution in [-0.4, -0.2) is 29.9 Å². The van der Waals surface area contributed by atoms with E-state index in [1.807, 2.05) is 12.1 Å². The predicted molar refractivity (Wildman–Crippen MR) is 88.6 cm³/mol. The number of nitrogens with one attached hydrogen (secondary N) is 2. The predicted octanol–water partition coefficient (Wildman–Crippen LogP) is 1.84. The monoisotopic (exact) mass is 325 g/mol. The summed E-state index contributed by atoms with van der Waals surface area (Å²) in [6.45, 7) is 0. The normalized spacial score (nSPS) is 20.1. The Morgan fingerprint density at radius 3 is 2.75 bits per heavy atom. The molecule has 3 rings (SSSR count). The van der Waals surface area contributed by atoms with Gasteiger partial charge in [0.05, 0.1) is 19.2 Å². The summed E-state index contributed by atoms with van der Waals surface area (Å²) in [6, 6.07) is 10.2. The minimum Gasteiger partial charge on any atom is -0.497 e. The van der Waals surface area contributed by atoms with Gasteiger partial charge in [-0.1, -0.05) is 6.07 Å². The molecule has 1 saturated heterocycles. The Hall–Kier alpha value is -2.89. The van der Waals surface area contributed by atoms with E-state index in [-0.39, 0.29) is 23.9 Å². The second kappa shape index (κ2) is 7.12. The molecule has 0 unspecified atom stereocenters. The molecular formula is C18H19N3O3. The van der Waals surface area contributed by atoms with Crippen molar-refractivity contribution in [1.82, 2.24) is 15.6 Å². The molecule has 1 aliphatic heterocycles. The Labute approximate surface area is 140 Å². The van der Waals surface area contributed by atoms with Crippen molar-refractivity contribution >= 4 is 11.8 Å². The van der Waals surface area contributed by atoms with Crippen LogP contribution in [0.3, 0.4) is 0 Å². The molecule has 6 nitrogen and oxygen atoms in total. The van der Waals surface area contributed by atoms with Gasteiger partial charge < -0.3 is 15.4 Å². The summed E-state index contributed by atoms with van der Waals surface area (Å²) in [4.78, 5) is 28.3. The maximum Gasteiger partial charge on any atom is 0.251 e. The van der Waals surface area contributed by atoms with Crippen LogP contribution in [0.15, 0.2) is 48.8 Å². The van der Waals surface area contributed by atoms with Crippen molar-refractivity contribution in [3.63, 3.8) is 0 Å². The van der Waals surface area contributed by atoms with Crippen molar-refractivity contribution < 1.29 is 14.3 Å². The highest BCUT2D eigenvalue weighted by molar-refractivity contribution is 5.94. The van der Waals surface area contributed by atoms with Crippen LogP contribution in [0.4, 0.5) is 0 Å². The number of nitrogens with zero attached hydrogens (tertiary/aromatic N) is 1. The van der Waals surface area contributed by atoms with Crippen molar-refractivity contribution in [1.29, 1.82) is 0 Å². The minimum atomic E-state index is -0.276. The molecule has 2 atom stereocenters. The largest absolute Gasteiger partial charge is 0.497 e. The Balaban J connectivity index is 1.75. The van der Waals surface area contributed by atoms with Crippen molar-refractivity contribution in [2.24, 2.45) is 0 Å². The lowest BCUT2D eigenvalue weighted by atomic mass is 9.92. The maximum absolute atomic E-state index is 12.5. The van der Waals surface area contributed by atoms with E-state index in [9.17, 15) is 9.59 Å². The number of rotatable bonds is 4. The number of piperidine rings is 1. The van der Waals surface area contributed by atoms with Gasteiger partial charge >= 0.3 is 0 Å². The van der Waals surface area contributed by atoms with Gasteiger partial charge in [-0.05, 0) is 42.3 Å². The number of amides is 2. The quantitative estimate of drug-likeness (QED) is 0.899. The van der Waals surface area contributed by atoms with Crippen LogP contribution >= 0.6 is 0 Å². The minimum absolute atomic E-state index is 0.0150. The molecule has 2 heterocycles. The van der Waals surface area contributed by atoms with E-state index in [1.165, 1.54) is 0 Å². The third-order valence-corrected chi connectivity index (χ3v) is 4.11. The first-order valence-electron chi connectivity index (χ1n) is 7.81. The average Bonchev–Trinajstić information content (AvgIpc) is 2.64. The number of hydrogen-bond acceptors (Lipinski definition) is 4. The van der Waals surface area contributed by atoms with Gasteiger partial charge in [0.1, 0.15) is 5.75 Å². The van der Waals surface area contributed by atoms with Crippen LogP contribution in [0.2, 0.25) is 0 Å². The number of carbonyl (C=O) groups is 2. The first kappa shape index (κ1) is 16.0. The molecule has 1 fully saturated rings. The van der Waals surface area contributed by atoms with Crippen molar-refractivity contribution in [3.05, 3.63) is 59.9 Å². The van der Waals surface area contributed by atoms with Gasteiger partial charge in [0.2, 0.25) is 5.91 Å². The van der Waals surface area contributed by atoms with Crippen LogP contribution < -0.4 is 15.4 Å². The summed E-state index contributed by atoms with van der Waals surface area (Å²) in [6.07, 6.45) is 4.37. The van der Waals surface area contributed by atoms with E-state index >= 15 is 0 Å². The molecule has 1 aliphatic rings. The zero-order valence-corrected chi connectivity index (χ0v) is 13.4. The summed E-state index contributed by atoms with van der Waals surface area (Å²) in [5.41, 5.74) is 1.43. The number of hydrogen-bond donors (Lipinski definition) is 2. The molecule has 0 bridgehead atoms. The Bertz CT molecular complexity index is 716. The summed E-state index contributed by atoms with van der Waals surface area (Å²) in [5, 5.41) is 5.96. The van der Waals surface area contributed by atoms with Gasteiger partial charge in [-0.25, -0.2) is 0 Å². The summed E-state index contributed by atoms with van der Waals surface area (Å²) in [7, 11) is 1.58. The fourth-order valence-electron chi connectivity index (χ4n) is 2.82. The smallest absolute Gasteiger partial charge is 0.251 e. The fourth-order valence-corrected chi connectivity index (χ4v) is 2.82. The molecule has 0 saturated carbocycles. The van der Waals surface area contributed by atoms with E-state index in [4.69, 9.17) is 4.74 Å². The zero-order chi connectivity index (χ0) is 16.9. The van der Waals surface area contributed by atoms with E-state index in [2.05, 4.69) is 15.6 Å². The SMILES string of the molecule is COc1ccc(C(=O)N[C@H]2CCC(=O)N[C@@H]2c2cccnc2)cc1. The molecular weight excluding hydrogens is 306 g/mol. The first-order valence-corrected chi connectivity index (χ1v) is 7.81. The maximum atomic E-state index is 12.5. The lowest BCUT2D eigenvalue weighted by molar-refractivity contribution is -0.123. The molecule has 0 aliphatic carbocycles. The van der Waals surface area contributed by atoms with E-state index in [0.29, 0.717) is 24.2 Å². The Kier molecular flexibility index (Phi) is 4.74.